The number of ether oxygens (including phenoxy) is 2. The van der Waals surface area contributed by atoms with Gasteiger partial charge in [0.1, 0.15) is 0 Å². The molecule has 2 aromatic carbocycles. The van der Waals surface area contributed by atoms with Crippen molar-refractivity contribution in [2.75, 3.05) is 13.7 Å². The third-order valence-corrected chi connectivity index (χ3v) is 3.84. The van der Waals surface area contributed by atoms with Gasteiger partial charge in [-0.15, -0.1) is 0 Å². The zero-order valence-corrected chi connectivity index (χ0v) is 16.7. The van der Waals surface area contributed by atoms with Crippen molar-refractivity contribution in [3.8, 4) is 11.5 Å². The van der Waals surface area contributed by atoms with E-state index < -0.39 is 11.8 Å². The summed E-state index contributed by atoms with van der Waals surface area (Å²) in [6, 6.07) is 11.7. The van der Waals surface area contributed by atoms with Gasteiger partial charge in [0.2, 0.25) is 0 Å². The second-order valence-electron chi connectivity index (χ2n) is 6.40. The predicted octanol–water partition coefficient (Wildman–Crippen LogP) is 3.86. The number of benzene rings is 2. The molecule has 0 aliphatic heterocycles. The molecule has 7 heteroatoms. The average Bonchev–Trinajstić information content (AvgIpc) is 2.69. The third kappa shape index (κ3) is 6.63. The zero-order valence-electron chi connectivity index (χ0n) is 16.0. The van der Waals surface area contributed by atoms with Gasteiger partial charge >= 0.3 is 0 Å². The third-order valence-electron chi connectivity index (χ3n) is 3.59. The van der Waals surface area contributed by atoms with Gasteiger partial charge in [-0.25, -0.2) is 0 Å². The van der Waals surface area contributed by atoms with Crippen molar-refractivity contribution >= 4 is 29.5 Å². The molecule has 0 aliphatic carbocycles. The van der Waals surface area contributed by atoms with Crippen molar-refractivity contribution in [1.29, 1.82) is 0 Å². The van der Waals surface area contributed by atoms with Crippen LogP contribution in [-0.4, -0.2) is 25.5 Å². The van der Waals surface area contributed by atoms with Gasteiger partial charge in [-0.3, -0.25) is 20.4 Å². The summed E-state index contributed by atoms with van der Waals surface area (Å²) in [4.78, 5) is 23.9. The van der Waals surface area contributed by atoms with Crippen molar-refractivity contribution in [1.82, 2.24) is 10.9 Å². The van der Waals surface area contributed by atoms with Gasteiger partial charge in [0.05, 0.1) is 13.7 Å². The van der Waals surface area contributed by atoms with E-state index in [9.17, 15) is 9.59 Å². The van der Waals surface area contributed by atoms with Crippen LogP contribution in [0.2, 0.25) is 5.02 Å². The topological polar surface area (TPSA) is 76.7 Å². The average molecular weight is 403 g/mol. The fourth-order valence-corrected chi connectivity index (χ4v) is 2.29. The number of hydrogen-bond acceptors (Lipinski definition) is 4. The van der Waals surface area contributed by atoms with E-state index in [1.807, 2.05) is 6.07 Å². The first-order valence-electron chi connectivity index (χ1n) is 8.74. The van der Waals surface area contributed by atoms with Gasteiger partial charge < -0.3 is 9.47 Å². The number of hydrazine groups is 1. The molecule has 0 saturated heterocycles. The first-order chi connectivity index (χ1) is 13.4. The Morgan fingerprint density at radius 1 is 1.07 bits per heavy atom. The highest BCUT2D eigenvalue weighted by molar-refractivity contribution is 6.30. The van der Waals surface area contributed by atoms with Crippen LogP contribution in [0.4, 0.5) is 0 Å². The SMILES string of the molecule is COc1cc(/C=C/C(=O)NNC(=O)c2ccc(Cl)cc2)ccc1OCC(C)C. The van der Waals surface area contributed by atoms with Gasteiger partial charge in [0.25, 0.3) is 11.8 Å². The summed E-state index contributed by atoms with van der Waals surface area (Å²) in [5, 5.41) is 0.527. The minimum atomic E-state index is -0.471. The van der Waals surface area contributed by atoms with E-state index >= 15 is 0 Å². The molecule has 0 unspecified atom stereocenters. The summed E-state index contributed by atoms with van der Waals surface area (Å²) in [7, 11) is 1.56. The Labute approximate surface area is 169 Å². The Bertz CT molecular complexity index is 848. The van der Waals surface area contributed by atoms with Crippen molar-refractivity contribution in [2.24, 2.45) is 5.92 Å². The summed E-state index contributed by atoms with van der Waals surface area (Å²) in [5.74, 6) is 0.719. The number of halogens is 1. The highest BCUT2D eigenvalue weighted by Crippen LogP contribution is 2.28. The summed E-state index contributed by atoms with van der Waals surface area (Å²) in [5.41, 5.74) is 5.80. The number of amides is 2. The van der Waals surface area contributed by atoms with Crippen LogP contribution in [0.5, 0.6) is 11.5 Å². The molecule has 148 valence electrons. The number of carbonyl (C=O) groups is 2. The number of rotatable bonds is 7. The van der Waals surface area contributed by atoms with Crippen LogP contribution in [0.3, 0.4) is 0 Å². The van der Waals surface area contributed by atoms with Crippen LogP contribution in [-0.2, 0) is 4.79 Å². The lowest BCUT2D eigenvalue weighted by atomic mass is 10.2. The maximum atomic E-state index is 11.9. The lowest BCUT2D eigenvalue weighted by Crippen LogP contribution is -2.40. The van der Waals surface area contributed by atoms with Crippen LogP contribution < -0.4 is 20.3 Å². The Kier molecular flexibility index (Phi) is 7.89. The Balaban J connectivity index is 1.92. The van der Waals surface area contributed by atoms with E-state index in [0.717, 1.165) is 5.56 Å². The largest absolute Gasteiger partial charge is 0.493 e. The molecule has 0 fully saturated rings. The standard InChI is InChI=1S/C21H23ClN2O4/c1-14(2)13-28-18-10-4-15(12-19(18)27-3)5-11-20(25)23-24-21(26)16-6-8-17(22)9-7-16/h4-12,14H,13H2,1-3H3,(H,23,25)(H,24,26)/b11-5+. The molecule has 2 N–H and O–H groups in total. The second-order valence-corrected chi connectivity index (χ2v) is 6.84. The maximum Gasteiger partial charge on any atom is 0.269 e. The summed E-state index contributed by atoms with van der Waals surface area (Å²) < 4.78 is 11.0. The van der Waals surface area contributed by atoms with Gasteiger partial charge in [0.15, 0.2) is 11.5 Å². The van der Waals surface area contributed by atoms with Gasteiger partial charge in [-0.1, -0.05) is 31.5 Å². The minimum Gasteiger partial charge on any atom is -0.493 e. The van der Waals surface area contributed by atoms with Gasteiger partial charge in [0, 0.05) is 16.7 Å². The molecule has 2 rings (SSSR count). The van der Waals surface area contributed by atoms with Crippen molar-refractivity contribution < 1.29 is 19.1 Å². The molecule has 2 aromatic rings. The molecule has 0 spiro atoms. The van der Waals surface area contributed by atoms with Crippen molar-refractivity contribution in [3.05, 3.63) is 64.7 Å². The molecule has 0 aliphatic rings. The van der Waals surface area contributed by atoms with Crippen molar-refractivity contribution in [2.45, 2.75) is 13.8 Å². The fourth-order valence-electron chi connectivity index (χ4n) is 2.17. The molecule has 0 radical (unpaired) electrons. The monoisotopic (exact) mass is 402 g/mol. The van der Waals surface area contributed by atoms with E-state index in [1.165, 1.54) is 6.08 Å². The lowest BCUT2D eigenvalue weighted by molar-refractivity contribution is -0.117. The maximum absolute atomic E-state index is 11.9. The Morgan fingerprint density at radius 3 is 2.43 bits per heavy atom. The lowest BCUT2D eigenvalue weighted by Gasteiger charge is -2.12. The zero-order chi connectivity index (χ0) is 20.5. The summed E-state index contributed by atoms with van der Waals surface area (Å²) in [6.45, 7) is 4.71. The smallest absolute Gasteiger partial charge is 0.269 e. The highest BCUT2D eigenvalue weighted by Gasteiger charge is 2.07. The van der Waals surface area contributed by atoms with Crippen LogP contribution in [0.15, 0.2) is 48.5 Å². The van der Waals surface area contributed by atoms with Crippen LogP contribution in [0.25, 0.3) is 6.08 Å². The fraction of sp³-hybridized carbons (Fsp3) is 0.238. The molecule has 0 heterocycles. The molecule has 28 heavy (non-hydrogen) atoms. The molecule has 0 bridgehead atoms. The van der Waals surface area contributed by atoms with Crippen LogP contribution in [0, 0.1) is 5.92 Å². The van der Waals surface area contributed by atoms with E-state index in [2.05, 4.69) is 24.7 Å². The first-order valence-corrected chi connectivity index (χ1v) is 9.11. The quantitative estimate of drug-likeness (QED) is 0.544. The Morgan fingerprint density at radius 2 is 1.79 bits per heavy atom. The summed E-state index contributed by atoms with van der Waals surface area (Å²) >= 11 is 5.78. The molecular weight excluding hydrogens is 380 g/mol. The van der Waals surface area contributed by atoms with E-state index in [-0.39, 0.29) is 0 Å². The first kappa shape index (κ1) is 21.3. The van der Waals surface area contributed by atoms with E-state index in [4.69, 9.17) is 21.1 Å². The van der Waals surface area contributed by atoms with Gasteiger partial charge in [-0.2, -0.15) is 0 Å². The molecular formula is C21H23ClN2O4. The second kappa shape index (κ2) is 10.4. The van der Waals surface area contributed by atoms with Gasteiger partial charge in [-0.05, 0) is 54.0 Å². The molecule has 2 amide bonds. The minimum absolute atomic E-state index is 0.385. The normalized spacial score (nSPS) is 10.8. The molecule has 6 nitrogen and oxygen atoms in total. The highest BCUT2D eigenvalue weighted by atomic mass is 35.5. The molecule has 0 atom stereocenters. The summed E-state index contributed by atoms with van der Waals surface area (Å²) in [6.07, 6.45) is 2.92. The van der Waals surface area contributed by atoms with Crippen LogP contribution in [0.1, 0.15) is 29.8 Å². The number of nitrogens with one attached hydrogen (secondary N) is 2. The van der Waals surface area contributed by atoms with Crippen molar-refractivity contribution in [3.63, 3.8) is 0 Å². The van der Waals surface area contributed by atoms with E-state index in [0.29, 0.717) is 34.6 Å². The van der Waals surface area contributed by atoms with Crippen LogP contribution >= 0.6 is 11.6 Å². The Hall–Kier alpha value is -2.99. The molecule has 0 saturated carbocycles. The number of carbonyl (C=O) groups excluding carboxylic acids is 2. The predicted molar refractivity (Wildman–Crippen MR) is 109 cm³/mol. The molecule has 0 aromatic heterocycles. The number of methoxy groups -OCH3 is 1. The number of hydrogen-bond donors (Lipinski definition) is 2. The van der Waals surface area contributed by atoms with E-state index in [1.54, 1.807) is 49.6 Å².